The van der Waals surface area contributed by atoms with Crippen molar-refractivity contribution in [1.82, 2.24) is 9.91 Å². The molecule has 152 valence electrons. The summed E-state index contributed by atoms with van der Waals surface area (Å²) in [4.78, 5) is 15.3. The highest BCUT2D eigenvalue weighted by atomic mass is 16.5. The van der Waals surface area contributed by atoms with Gasteiger partial charge in [0.2, 0.25) is 0 Å². The Hall–Kier alpha value is -2.70. The number of benzene rings is 2. The zero-order valence-electron chi connectivity index (χ0n) is 17.0. The van der Waals surface area contributed by atoms with Crippen LogP contribution in [0, 0.1) is 6.92 Å². The molecule has 1 amide bonds. The molecule has 0 aliphatic carbocycles. The molecule has 29 heavy (non-hydrogen) atoms. The molecule has 0 radical (unpaired) electrons. The van der Waals surface area contributed by atoms with Crippen LogP contribution in [0.4, 0.5) is 0 Å². The van der Waals surface area contributed by atoms with Crippen LogP contribution in [0.1, 0.15) is 29.2 Å². The molecule has 2 heterocycles. The maximum Gasteiger partial charge on any atom is 0.257 e. The van der Waals surface area contributed by atoms with Crippen molar-refractivity contribution < 1.29 is 14.3 Å². The van der Waals surface area contributed by atoms with Crippen LogP contribution >= 0.6 is 0 Å². The summed E-state index contributed by atoms with van der Waals surface area (Å²) in [5.74, 6) is 0.791. The number of ether oxygens (including phenoxy) is 2. The van der Waals surface area contributed by atoms with Gasteiger partial charge in [-0.05, 0) is 24.6 Å². The molecule has 1 atom stereocenters. The van der Waals surface area contributed by atoms with E-state index in [9.17, 15) is 4.79 Å². The van der Waals surface area contributed by atoms with Crippen molar-refractivity contribution in [3.05, 3.63) is 65.2 Å². The number of hydrogen-bond donors (Lipinski definition) is 0. The zero-order chi connectivity index (χ0) is 20.2. The van der Waals surface area contributed by atoms with E-state index in [0.717, 1.165) is 35.7 Å². The zero-order valence-corrected chi connectivity index (χ0v) is 17.0. The first-order chi connectivity index (χ1) is 14.2. The topological polar surface area (TPSA) is 54.4 Å². The van der Waals surface area contributed by atoms with Crippen LogP contribution in [0.25, 0.3) is 0 Å². The molecule has 4 rings (SSSR count). The Kier molecular flexibility index (Phi) is 5.92. The summed E-state index contributed by atoms with van der Waals surface area (Å²) in [5.41, 5.74) is 4.11. The lowest BCUT2D eigenvalue weighted by Gasteiger charge is -2.29. The minimum atomic E-state index is -0.107. The van der Waals surface area contributed by atoms with Crippen molar-refractivity contribution in [2.24, 2.45) is 5.10 Å². The number of hydrazone groups is 1. The van der Waals surface area contributed by atoms with E-state index in [1.54, 1.807) is 12.1 Å². The number of carbonyl (C=O) groups is 1. The number of morpholine rings is 1. The summed E-state index contributed by atoms with van der Waals surface area (Å²) in [6.07, 6.45) is 0.665. The lowest BCUT2D eigenvalue weighted by molar-refractivity contribution is -0.135. The molecule has 0 saturated carbocycles. The number of para-hydroxylation sites is 1. The van der Waals surface area contributed by atoms with E-state index in [1.807, 2.05) is 24.3 Å². The number of aryl methyl sites for hydroxylation is 1. The first-order valence-electron chi connectivity index (χ1n) is 10.1. The maximum atomic E-state index is 13.2. The average Bonchev–Trinajstić information content (AvgIpc) is 3.20. The maximum absolute atomic E-state index is 13.2. The molecule has 1 saturated heterocycles. The smallest absolute Gasteiger partial charge is 0.257 e. The molecule has 6 heteroatoms. The van der Waals surface area contributed by atoms with E-state index in [4.69, 9.17) is 14.6 Å². The van der Waals surface area contributed by atoms with E-state index >= 15 is 0 Å². The van der Waals surface area contributed by atoms with Gasteiger partial charge in [0.25, 0.3) is 5.91 Å². The molecule has 0 bridgehead atoms. The van der Waals surface area contributed by atoms with Crippen molar-refractivity contribution in [2.45, 2.75) is 19.4 Å². The van der Waals surface area contributed by atoms with E-state index in [0.29, 0.717) is 26.2 Å². The van der Waals surface area contributed by atoms with Gasteiger partial charge in [-0.3, -0.25) is 9.69 Å². The largest absolute Gasteiger partial charge is 0.496 e. The van der Waals surface area contributed by atoms with E-state index < -0.39 is 0 Å². The third kappa shape index (κ3) is 4.33. The molecular formula is C23H27N3O3. The van der Waals surface area contributed by atoms with Gasteiger partial charge in [0.1, 0.15) is 5.75 Å². The average molecular weight is 393 g/mol. The molecule has 6 nitrogen and oxygen atoms in total. The number of methoxy groups -OCH3 is 1. The van der Waals surface area contributed by atoms with Gasteiger partial charge in [-0.15, -0.1) is 0 Å². The SMILES string of the molecule is COc1ccccc1C1=NN(C(=O)CN2CCOCC2)C(c2ccc(C)cc2)C1. The number of rotatable bonds is 5. The first kappa shape index (κ1) is 19.6. The third-order valence-electron chi connectivity index (χ3n) is 5.51. The second-order valence-corrected chi connectivity index (χ2v) is 7.50. The van der Waals surface area contributed by atoms with Crippen molar-refractivity contribution in [3.8, 4) is 5.75 Å². The summed E-state index contributed by atoms with van der Waals surface area (Å²) in [6, 6.07) is 16.1. The molecule has 0 N–H and O–H groups in total. The molecule has 2 aliphatic heterocycles. The van der Waals surface area contributed by atoms with Crippen LogP contribution < -0.4 is 4.74 Å². The number of amides is 1. The van der Waals surface area contributed by atoms with Crippen molar-refractivity contribution in [1.29, 1.82) is 0 Å². The van der Waals surface area contributed by atoms with Crippen molar-refractivity contribution in [2.75, 3.05) is 40.0 Å². The first-order valence-corrected chi connectivity index (χ1v) is 10.1. The van der Waals surface area contributed by atoms with Crippen LogP contribution in [-0.4, -0.2) is 61.5 Å². The fourth-order valence-corrected chi connectivity index (χ4v) is 3.86. The van der Waals surface area contributed by atoms with Gasteiger partial charge in [0, 0.05) is 25.1 Å². The number of nitrogens with zero attached hydrogens (tertiary/aromatic N) is 3. The van der Waals surface area contributed by atoms with Gasteiger partial charge >= 0.3 is 0 Å². The molecule has 2 aliphatic rings. The lowest BCUT2D eigenvalue weighted by Crippen LogP contribution is -2.43. The fraction of sp³-hybridized carbons (Fsp3) is 0.391. The van der Waals surface area contributed by atoms with Gasteiger partial charge in [0.15, 0.2) is 0 Å². The van der Waals surface area contributed by atoms with E-state index in [2.05, 4.69) is 36.1 Å². The second-order valence-electron chi connectivity index (χ2n) is 7.50. The summed E-state index contributed by atoms with van der Waals surface area (Å²) in [5, 5.41) is 6.44. The molecule has 0 aromatic heterocycles. The number of carbonyl (C=O) groups excluding carboxylic acids is 1. The second kappa shape index (κ2) is 8.76. The fourth-order valence-electron chi connectivity index (χ4n) is 3.86. The Morgan fingerprint density at radius 1 is 1.14 bits per heavy atom. The summed E-state index contributed by atoms with van der Waals surface area (Å²) in [6.45, 7) is 5.31. The summed E-state index contributed by atoms with van der Waals surface area (Å²) in [7, 11) is 1.66. The highest BCUT2D eigenvalue weighted by Gasteiger charge is 2.34. The van der Waals surface area contributed by atoms with Gasteiger partial charge < -0.3 is 9.47 Å². The Labute approximate surface area is 171 Å². The Bertz CT molecular complexity index is 888. The third-order valence-corrected chi connectivity index (χ3v) is 5.51. The Morgan fingerprint density at radius 2 is 1.86 bits per heavy atom. The summed E-state index contributed by atoms with van der Waals surface area (Å²) >= 11 is 0. The predicted octanol–water partition coefficient (Wildman–Crippen LogP) is 3.01. The molecule has 1 fully saturated rings. The standard InChI is InChI=1S/C23H27N3O3/c1-17-7-9-18(10-8-17)21-15-20(19-5-3-4-6-22(19)28-2)24-26(21)23(27)16-25-11-13-29-14-12-25/h3-10,21H,11-16H2,1-2H3. The Morgan fingerprint density at radius 3 is 2.59 bits per heavy atom. The monoisotopic (exact) mass is 393 g/mol. The molecule has 0 spiro atoms. The van der Waals surface area contributed by atoms with Crippen LogP contribution in [0.2, 0.25) is 0 Å². The van der Waals surface area contributed by atoms with Gasteiger partial charge in [-0.1, -0.05) is 42.0 Å². The van der Waals surface area contributed by atoms with Crippen LogP contribution in [0.15, 0.2) is 53.6 Å². The van der Waals surface area contributed by atoms with E-state index in [-0.39, 0.29) is 11.9 Å². The lowest BCUT2D eigenvalue weighted by atomic mass is 9.97. The quantitative estimate of drug-likeness (QED) is 0.784. The molecular weight excluding hydrogens is 366 g/mol. The van der Waals surface area contributed by atoms with Crippen LogP contribution in [-0.2, 0) is 9.53 Å². The molecule has 2 aromatic rings. The van der Waals surface area contributed by atoms with Gasteiger partial charge in [-0.25, -0.2) is 5.01 Å². The summed E-state index contributed by atoms with van der Waals surface area (Å²) < 4.78 is 10.9. The van der Waals surface area contributed by atoms with Gasteiger partial charge in [-0.2, -0.15) is 5.10 Å². The highest BCUT2D eigenvalue weighted by Crippen LogP contribution is 2.35. The highest BCUT2D eigenvalue weighted by molar-refractivity contribution is 6.05. The van der Waals surface area contributed by atoms with Crippen LogP contribution in [0.5, 0.6) is 5.75 Å². The number of hydrogen-bond acceptors (Lipinski definition) is 5. The van der Waals surface area contributed by atoms with Crippen LogP contribution in [0.3, 0.4) is 0 Å². The van der Waals surface area contributed by atoms with Crippen molar-refractivity contribution >= 4 is 11.6 Å². The van der Waals surface area contributed by atoms with E-state index in [1.165, 1.54) is 5.56 Å². The molecule has 2 aromatic carbocycles. The normalized spacial score (nSPS) is 19.9. The Balaban J connectivity index is 1.63. The van der Waals surface area contributed by atoms with Gasteiger partial charge in [0.05, 0.1) is 38.6 Å². The molecule has 1 unspecified atom stereocenters. The predicted molar refractivity (Wildman–Crippen MR) is 112 cm³/mol. The minimum Gasteiger partial charge on any atom is -0.496 e. The minimum absolute atomic E-state index is 0.0161. The van der Waals surface area contributed by atoms with Crippen molar-refractivity contribution in [3.63, 3.8) is 0 Å².